The van der Waals surface area contributed by atoms with E-state index in [0.29, 0.717) is 33.4 Å². The molecule has 0 saturated carbocycles. The fourth-order valence-corrected chi connectivity index (χ4v) is 6.16. The summed E-state index contributed by atoms with van der Waals surface area (Å²) in [5.74, 6) is 1.83. The molecule has 7 nitrogen and oxygen atoms in total. The molecule has 0 spiro atoms. The number of fused-ring (bicyclic) bond motifs is 2. The Labute approximate surface area is 220 Å². The van der Waals surface area contributed by atoms with Crippen molar-refractivity contribution in [3.63, 3.8) is 0 Å². The number of nitrogen functional groups attached to an aromatic ring is 1. The molecule has 2 N–H and O–H groups in total. The predicted octanol–water partition coefficient (Wildman–Crippen LogP) is 6.08. The molecule has 37 heavy (non-hydrogen) atoms. The molecular formula is C29H30N2O5S. The Bertz CT molecular complexity index is 1450. The number of hydrogen-bond acceptors (Lipinski definition) is 8. The highest BCUT2D eigenvalue weighted by Gasteiger charge is 2.27. The van der Waals surface area contributed by atoms with Gasteiger partial charge in [-0.05, 0) is 66.6 Å². The average Bonchev–Trinajstić information content (AvgIpc) is 3.09. The average molecular weight is 519 g/mol. The van der Waals surface area contributed by atoms with Crippen molar-refractivity contribution in [1.82, 2.24) is 4.98 Å². The number of rotatable bonds is 7. The molecule has 0 bridgehead atoms. The number of benzene rings is 2. The van der Waals surface area contributed by atoms with Crippen LogP contribution in [0.4, 0.5) is 5.69 Å². The highest BCUT2D eigenvalue weighted by atomic mass is 32.1. The van der Waals surface area contributed by atoms with Gasteiger partial charge in [0.2, 0.25) is 11.5 Å². The number of hydrogen-bond donors (Lipinski definition) is 1. The van der Waals surface area contributed by atoms with E-state index < -0.39 is 0 Å². The summed E-state index contributed by atoms with van der Waals surface area (Å²) in [7, 11) is 6.24. The van der Waals surface area contributed by atoms with Crippen LogP contribution in [-0.4, -0.2) is 39.2 Å². The van der Waals surface area contributed by atoms with Gasteiger partial charge in [0.15, 0.2) is 11.5 Å². The summed E-state index contributed by atoms with van der Waals surface area (Å²) in [6.45, 7) is 0. The number of carbonyl (C=O) groups excluding carboxylic acids is 1. The molecule has 0 unspecified atom stereocenters. The van der Waals surface area contributed by atoms with Crippen molar-refractivity contribution in [3.05, 3.63) is 58.1 Å². The van der Waals surface area contributed by atoms with Gasteiger partial charge in [-0.2, -0.15) is 0 Å². The van der Waals surface area contributed by atoms with Crippen LogP contribution in [0.1, 0.15) is 45.8 Å². The minimum absolute atomic E-state index is 0.212. The monoisotopic (exact) mass is 518 g/mol. The van der Waals surface area contributed by atoms with E-state index in [1.54, 1.807) is 19.2 Å². The van der Waals surface area contributed by atoms with Crippen LogP contribution in [0.25, 0.3) is 21.3 Å². The Balaban J connectivity index is 1.72. The lowest BCUT2D eigenvalue weighted by molar-refractivity contribution is 0.104. The number of aromatic nitrogens is 1. The molecule has 2 aromatic heterocycles. The van der Waals surface area contributed by atoms with Crippen LogP contribution in [-0.2, 0) is 12.8 Å². The lowest BCUT2D eigenvalue weighted by Gasteiger charge is -2.15. The van der Waals surface area contributed by atoms with Crippen LogP contribution >= 0.6 is 11.3 Å². The van der Waals surface area contributed by atoms with Gasteiger partial charge in [-0.3, -0.25) is 4.79 Å². The normalized spacial score (nSPS) is 13.1. The Morgan fingerprint density at radius 3 is 2.19 bits per heavy atom. The fraction of sp³-hybridized carbons (Fsp3) is 0.310. The summed E-state index contributed by atoms with van der Waals surface area (Å²) < 4.78 is 21.7. The number of thiophene rings is 1. The molecule has 0 aliphatic heterocycles. The highest BCUT2D eigenvalue weighted by Crippen LogP contribution is 2.45. The number of pyridine rings is 1. The smallest absolute Gasteiger partial charge is 0.205 e. The molecule has 2 heterocycles. The van der Waals surface area contributed by atoms with Gasteiger partial charge >= 0.3 is 0 Å². The molecule has 5 rings (SSSR count). The van der Waals surface area contributed by atoms with Gasteiger partial charge in [-0.25, -0.2) is 4.98 Å². The summed E-state index contributed by atoms with van der Waals surface area (Å²) in [6.07, 6.45) is 5.23. The first-order valence-electron chi connectivity index (χ1n) is 12.2. The zero-order valence-electron chi connectivity index (χ0n) is 21.5. The Morgan fingerprint density at radius 2 is 1.57 bits per heavy atom. The second-order valence-electron chi connectivity index (χ2n) is 8.97. The Hall–Kier alpha value is -3.78. The predicted molar refractivity (Wildman–Crippen MR) is 147 cm³/mol. The largest absolute Gasteiger partial charge is 0.497 e. The zero-order chi connectivity index (χ0) is 26.1. The van der Waals surface area contributed by atoms with Crippen LogP contribution in [0.5, 0.6) is 23.0 Å². The Kier molecular flexibility index (Phi) is 6.93. The molecule has 0 atom stereocenters. The number of ether oxygens (including phenoxy) is 4. The number of methoxy groups -OCH3 is 4. The van der Waals surface area contributed by atoms with Gasteiger partial charge < -0.3 is 24.7 Å². The van der Waals surface area contributed by atoms with Gasteiger partial charge in [0.25, 0.3) is 0 Å². The minimum atomic E-state index is -0.212. The van der Waals surface area contributed by atoms with Crippen LogP contribution in [0, 0.1) is 0 Å². The van der Waals surface area contributed by atoms with Gasteiger partial charge in [0, 0.05) is 16.6 Å². The number of ketones is 1. The first-order chi connectivity index (χ1) is 18.0. The summed E-state index contributed by atoms with van der Waals surface area (Å²) in [6, 6.07) is 11.3. The highest BCUT2D eigenvalue weighted by molar-refractivity contribution is 7.21. The molecule has 1 aliphatic carbocycles. The van der Waals surface area contributed by atoms with E-state index in [4.69, 9.17) is 29.7 Å². The van der Waals surface area contributed by atoms with E-state index in [0.717, 1.165) is 58.5 Å². The number of carbonyl (C=O) groups is 1. The summed E-state index contributed by atoms with van der Waals surface area (Å²) >= 11 is 1.34. The lowest BCUT2D eigenvalue weighted by atomic mass is 9.92. The van der Waals surface area contributed by atoms with Crippen molar-refractivity contribution < 1.29 is 23.7 Å². The molecular weight excluding hydrogens is 488 g/mol. The molecule has 0 saturated heterocycles. The molecule has 192 valence electrons. The topological polar surface area (TPSA) is 92.9 Å². The van der Waals surface area contributed by atoms with Gasteiger partial charge in [-0.15, -0.1) is 11.3 Å². The van der Waals surface area contributed by atoms with Crippen molar-refractivity contribution >= 4 is 33.0 Å². The van der Waals surface area contributed by atoms with Crippen molar-refractivity contribution in [2.45, 2.75) is 32.1 Å². The minimum Gasteiger partial charge on any atom is -0.497 e. The zero-order valence-corrected chi connectivity index (χ0v) is 22.3. The van der Waals surface area contributed by atoms with Gasteiger partial charge in [0.1, 0.15) is 15.5 Å². The first-order valence-corrected chi connectivity index (χ1v) is 13.0. The Morgan fingerprint density at radius 1 is 0.892 bits per heavy atom. The number of nitrogens with two attached hydrogens (primary N) is 1. The van der Waals surface area contributed by atoms with E-state index in [9.17, 15) is 4.79 Å². The summed E-state index contributed by atoms with van der Waals surface area (Å²) in [4.78, 5) is 20.1. The lowest BCUT2D eigenvalue weighted by Crippen LogP contribution is -2.05. The van der Waals surface area contributed by atoms with Crippen LogP contribution < -0.4 is 24.7 Å². The SMILES string of the molecule is COc1ccc(-c2c3c(nc4sc(C(=O)c5cc(OC)c(OC)c(OC)c5)c(N)c24)CCCCC3)cc1. The molecule has 0 amide bonds. The van der Waals surface area contributed by atoms with Crippen LogP contribution in [0.3, 0.4) is 0 Å². The van der Waals surface area contributed by atoms with Gasteiger partial charge in [-0.1, -0.05) is 18.6 Å². The quantitative estimate of drug-likeness (QED) is 0.234. The van der Waals surface area contributed by atoms with Crippen molar-refractivity contribution in [3.8, 4) is 34.1 Å². The van der Waals surface area contributed by atoms with Crippen molar-refractivity contribution in [1.29, 1.82) is 0 Å². The third kappa shape index (κ3) is 4.35. The second-order valence-corrected chi connectivity index (χ2v) is 9.97. The summed E-state index contributed by atoms with van der Waals surface area (Å²) in [5, 5.41) is 0.839. The third-order valence-electron chi connectivity index (χ3n) is 6.92. The number of aryl methyl sites for hydroxylation is 1. The maximum absolute atomic E-state index is 13.8. The maximum Gasteiger partial charge on any atom is 0.205 e. The molecule has 0 radical (unpaired) electrons. The van der Waals surface area contributed by atoms with Crippen LogP contribution in [0.15, 0.2) is 36.4 Å². The van der Waals surface area contributed by atoms with E-state index in [-0.39, 0.29) is 5.78 Å². The van der Waals surface area contributed by atoms with E-state index in [1.165, 1.54) is 44.7 Å². The molecule has 0 fully saturated rings. The van der Waals surface area contributed by atoms with Gasteiger partial charge in [0.05, 0.1) is 34.1 Å². The molecule has 4 aromatic rings. The molecule has 1 aliphatic rings. The van der Waals surface area contributed by atoms with Crippen molar-refractivity contribution in [2.75, 3.05) is 34.2 Å². The van der Waals surface area contributed by atoms with E-state index in [1.807, 2.05) is 12.1 Å². The molecule has 8 heteroatoms. The van der Waals surface area contributed by atoms with E-state index in [2.05, 4.69) is 12.1 Å². The fourth-order valence-electron chi connectivity index (χ4n) is 5.07. The van der Waals surface area contributed by atoms with Crippen LogP contribution in [0.2, 0.25) is 0 Å². The standard InChI is InChI=1S/C29H30N2O5S/c1-33-18-12-10-16(11-13-18)23-19-8-6-5-7-9-20(19)31-29-24(23)25(30)28(37-29)26(32)17-14-21(34-2)27(36-4)22(15-17)35-3/h10-15H,5-9,30H2,1-4H3. The first kappa shape index (κ1) is 24.9. The second kappa shape index (κ2) is 10.3. The maximum atomic E-state index is 13.8. The summed E-state index contributed by atoms with van der Waals surface area (Å²) in [5.41, 5.74) is 12.1. The third-order valence-corrected chi connectivity index (χ3v) is 8.01. The molecule has 2 aromatic carbocycles. The number of nitrogens with zero attached hydrogens (tertiary/aromatic N) is 1. The van der Waals surface area contributed by atoms with E-state index >= 15 is 0 Å². The van der Waals surface area contributed by atoms with Crippen molar-refractivity contribution in [2.24, 2.45) is 0 Å². The number of anilines is 1.